The number of halogens is 4. The molecule has 1 aromatic carbocycles. The normalized spacial score (nSPS) is 23.4. The van der Waals surface area contributed by atoms with Gasteiger partial charge in [0.1, 0.15) is 0 Å². The van der Waals surface area contributed by atoms with Crippen LogP contribution in [0.3, 0.4) is 0 Å². The Morgan fingerprint density at radius 2 is 1.61 bits per heavy atom. The van der Waals surface area contributed by atoms with Gasteiger partial charge in [-0.2, -0.15) is 13.2 Å². The van der Waals surface area contributed by atoms with Crippen LogP contribution in [0.25, 0.3) is 0 Å². The van der Waals surface area contributed by atoms with Gasteiger partial charge >= 0.3 is 13.3 Å². The molecule has 1 saturated carbocycles. The highest BCUT2D eigenvalue weighted by atomic mass is 79.9. The molecular formula is C16H19BBrF3O2. The van der Waals surface area contributed by atoms with Gasteiger partial charge in [-0.05, 0) is 63.5 Å². The lowest BCUT2D eigenvalue weighted by atomic mass is 9.74. The van der Waals surface area contributed by atoms with Crippen LogP contribution in [0.5, 0.6) is 0 Å². The molecule has 1 aliphatic carbocycles. The third-order valence-electron chi connectivity index (χ3n) is 5.00. The van der Waals surface area contributed by atoms with Crippen molar-refractivity contribution in [1.29, 1.82) is 0 Å². The fourth-order valence-electron chi connectivity index (χ4n) is 2.73. The second-order valence-electron chi connectivity index (χ2n) is 7.32. The topological polar surface area (TPSA) is 18.5 Å². The molecule has 0 spiro atoms. The van der Waals surface area contributed by atoms with Crippen LogP contribution in [-0.4, -0.2) is 18.3 Å². The van der Waals surface area contributed by atoms with Gasteiger partial charge in [0.05, 0.1) is 16.8 Å². The van der Waals surface area contributed by atoms with Gasteiger partial charge in [0.2, 0.25) is 0 Å². The van der Waals surface area contributed by atoms with Crippen LogP contribution in [0.4, 0.5) is 13.2 Å². The average molecular weight is 391 g/mol. The zero-order valence-electron chi connectivity index (χ0n) is 13.6. The summed E-state index contributed by atoms with van der Waals surface area (Å²) in [6.07, 6.45) is -2.44. The molecule has 1 aromatic rings. The molecule has 0 radical (unpaired) electrons. The quantitative estimate of drug-likeness (QED) is 0.684. The molecule has 2 nitrogen and oxygen atoms in total. The summed E-state index contributed by atoms with van der Waals surface area (Å²) in [6, 6.07) is 2.76. The summed E-state index contributed by atoms with van der Waals surface area (Å²) < 4.78 is 52.6. The smallest absolute Gasteiger partial charge is 0.399 e. The van der Waals surface area contributed by atoms with E-state index in [4.69, 9.17) is 9.31 Å². The molecule has 1 heterocycles. The number of rotatable bonds is 2. The molecule has 2 aliphatic rings. The lowest BCUT2D eigenvalue weighted by molar-refractivity contribution is -0.136. The van der Waals surface area contributed by atoms with Gasteiger partial charge in [0, 0.05) is 4.47 Å². The van der Waals surface area contributed by atoms with Crippen molar-refractivity contribution in [3.8, 4) is 0 Å². The van der Waals surface area contributed by atoms with E-state index in [1.54, 1.807) is 6.07 Å². The van der Waals surface area contributed by atoms with Crippen LogP contribution in [0, 0.1) is 0 Å². The fraction of sp³-hybridized carbons (Fsp3) is 0.625. The first-order chi connectivity index (χ1) is 10.4. The highest BCUT2D eigenvalue weighted by Gasteiger charge is 2.54. The molecule has 7 heteroatoms. The third kappa shape index (κ3) is 3.07. The van der Waals surface area contributed by atoms with E-state index in [0.717, 1.165) is 24.5 Å². The monoisotopic (exact) mass is 390 g/mol. The highest BCUT2D eigenvalue weighted by molar-refractivity contribution is 9.10. The molecule has 0 bridgehead atoms. The molecule has 2 fully saturated rings. The van der Waals surface area contributed by atoms with Crippen LogP contribution in [0.2, 0.25) is 0 Å². The average Bonchev–Trinajstić information content (AvgIpc) is 3.16. The van der Waals surface area contributed by atoms with Crippen LogP contribution in [0.1, 0.15) is 57.6 Å². The first-order valence-corrected chi connectivity index (χ1v) is 8.48. The third-order valence-corrected chi connectivity index (χ3v) is 5.69. The van der Waals surface area contributed by atoms with Gasteiger partial charge in [-0.15, -0.1) is 0 Å². The minimum Gasteiger partial charge on any atom is -0.399 e. The molecule has 3 rings (SSSR count). The predicted molar refractivity (Wildman–Crippen MR) is 86.8 cm³/mol. The second kappa shape index (κ2) is 5.23. The summed E-state index contributed by atoms with van der Waals surface area (Å²) in [5.41, 5.74) is -1.07. The lowest BCUT2D eigenvalue weighted by Gasteiger charge is -2.32. The molecule has 23 heavy (non-hydrogen) atoms. The zero-order valence-corrected chi connectivity index (χ0v) is 15.1. The Morgan fingerprint density at radius 1 is 1.09 bits per heavy atom. The van der Waals surface area contributed by atoms with E-state index in [1.165, 1.54) is 0 Å². The number of alkyl halides is 3. The summed E-state index contributed by atoms with van der Waals surface area (Å²) in [5, 5.41) is 0. The van der Waals surface area contributed by atoms with Gasteiger partial charge in [0.25, 0.3) is 0 Å². The predicted octanol–water partition coefficient (Wildman–Crippen LogP) is 4.64. The Balaban J connectivity index is 2.08. The molecule has 0 N–H and O–H groups in total. The van der Waals surface area contributed by atoms with Gasteiger partial charge in [-0.25, -0.2) is 0 Å². The standard InChI is InChI=1S/C16H19BBrF3O2/c1-14(2)15(3,4)23-17(22-14)12-7-10(9-5-6-9)13(18)8-11(12)16(19,20)21/h7-9H,5-6H2,1-4H3. The maximum Gasteiger partial charge on any atom is 0.495 e. The van der Waals surface area contributed by atoms with Crippen molar-refractivity contribution in [2.24, 2.45) is 0 Å². The van der Waals surface area contributed by atoms with Gasteiger partial charge in [0.15, 0.2) is 0 Å². The Kier molecular flexibility index (Phi) is 3.94. The van der Waals surface area contributed by atoms with Crippen molar-refractivity contribution in [3.05, 3.63) is 27.7 Å². The van der Waals surface area contributed by atoms with Crippen molar-refractivity contribution >= 4 is 28.5 Å². The van der Waals surface area contributed by atoms with E-state index in [9.17, 15) is 13.2 Å². The molecule has 0 atom stereocenters. The van der Waals surface area contributed by atoms with Crippen molar-refractivity contribution < 1.29 is 22.5 Å². The Bertz CT molecular complexity index is 623. The molecule has 0 aromatic heterocycles. The van der Waals surface area contributed by atoms with Crippen LogP contribution >= 0.6 is 15.9 Å². The summed E-state index contributed by atoms with van der Waals surface area (Å²) in [6.45, 7) is 7.34. The molecular weight excluding hydrogens is 372 g/mol. The van der Waals surface area contributed by atoms with E-state index < -0.39 is 30.1 Å². The van der Waals surface area contributed by atoms with Gasteiger partial charge < -0.3 is 9.31 Å². The van der Waals surface area contributed by atoms with E-state index in [0.29, 0.717) is 10.4 Å². The molecule has 0 amide bonds. The minimum absolute atomic E-state index is 0.0706. The fourth-order valence-corrected chi connectivity index (χ4v) is 3.39. The largest absolute Gasteiger partial charge is 0.495 e. The van der Waals surface area contributed by atoms with Crippen LogP contribution in [0.15, 0.2) is 16.6 Å². The van der Waals surface area contributed by atoms with Gasteiger partial charge in [-0.3, -0.25) is 0 Å². The van der Waals surface area contributed by atoms with Crippen LogP contribution < -0.4 is 5.46 Å². The minimum atomic E-state index is -4.45. The van der Waals surface area contributed by atoms with E-state index >= 15 is 0 Å². The SMILES string of the molecule is CC1(C)OB(c2cc(C3CC3)c(Br)cc2C(F)(F)F)OC1(C)C. The van der Waals surface area contributed by atoms with Crippen molar-refractivity contribution in [1.82, 2.24) is 0 Å². The van der Waals surface area contributed by atoms with Gasteiger partial charge in [-0.1, -0.05) is 22.0 Å². The Labute approximate surface area is 143 Å². The van der Waals surface area contributed by atoms with Crippen molar-refractivity contribution in [3.63, 3.8) is 0 Å². The first-order valence-electron chi connectivity index (χ1n) is 7.68. The van der Waals surface area contributed by atoms with E-state index in [2.05, 4.69) is 15.9 Å². The second-order valence-corrected chi connectivity index (χ2v) is 8.18. The summed E-state index contributed by atoms with van der Waals surface area (Å²) in [7, 11) is -1.01. The maximum atomic E-state index is 13.5. The number of hydrogen-bond acceptors (Lipinski definition) is 2. The molecule has 1 saturated heterocycles. The van der Waals surface area contributed by atoms with Crippen molar-refractivity contribution in [2.45, 2.75) is 63.8 Å². The van der Waals surface area contributed by atoms with E-state index in [1.807, 2.05) is 27.7 Å². The maximum absolute atomic E-state index is 13.5. The summed E-state index contributed by atoms with van der Waals surface area (Å²) >= 11 is 3.29. The molecule has 1 aliphatic heterocycles. The molecule has 126 valence electrons. The van der Waals surface area contributed by atoms with Crippen LogP contribution in [-0.2, 0) is 15.5 Å². The summed E-state index contributed by atoms with van der Waals surface area (Å²) in [4.78, 5) is 0. The summed E-state index contributed by atoms with van der Waals surface area (Å²) in [5.74, 6) is 0.327. The zero-order chi connectivity index (χ0) is 17.2. The highest BCUT2D eigenvalue weighted by Crippen LogP contribution is 2.45. The van der Waals surface area contributed by atoms with Crippen molar-refractivity contribution in [2.75, 3.05) is 0 Å². The number of hydrogen-bond donors (Lipinski definition) is 0. The first kappa shape index (κ1) is 17.3. The Hall–Kier alpha value is -0.525. The molecule has 0 unspecified atom stereocenters. The Morgan fingerprint density at radius 3 is 2.04 bits per heavy atom. The lowest BCUT2D eigenvalue weighted by Crippen LogP contribution is -2.41. The number of benzene rings is 1. The van der Waals surface area contributed by atoms with E-state index in [-0.39, 0.29) is 5.46 Å².